The molecule has 0 aromatic heterocycles. The lowest BCUT2D eigenvalue weighted by Gasteiger charge is -2.46. The highest BCUT2D eigenvalue weighted by atomic mass is 16.6. The van der Waals surface area contributed by atoms with Crippen LogP contribution in [0, 0.1) is 26.9 Å². The predicted molar refractivity (Wildman–Crippen MR) is 148 cm³/mol. The minimum Gasteiger partial charge on any atom is -0.495 e. The number of methoxy groups -OCH3 is 1. The molecule has 0 aliphatic carbocycles. The van der Waals surface area contributed by atoms with Crippen molar-refractivity contribution in [1.29, 1.82) is 0 Å². The Morgan fingerprint density at radius 1 is 1.03 bits per heavy atom. The van der Waals surface area contributed by atoms with Gasteiger partial charge < -0.3 is 15.3 Å². The normalized spacial score (nSPS) is 22.5. The minimum atomic E-state index is -0.965. The molecule has 0 saturated carbocycles. The van der Waals surface area contributed by atoms with Gasteiger partial charge in [-0.3, -0.25) is 19.7 Å². The van der Waals surface area contributed by atoms with Crippen LogP contribution in [0.25, 0.3) is 0 Å². The number of aliphatic hydroxyl groups excluding tert-OH is 1. The van der Waals surface area contributed by atoms with Crippen LogP contribution < -0.4 is 15.1 Å². The van der Waals surface area contributed by atoms with E-state index in [1.54, 1.807) is 41.4 Å². The van der Waals surface area contributed by atoms with E-state index in [4.69, 9.17) is 4.74 Å². The number of non-ortho nitro benzene ring substituents is 1. The number of fused-ring (bicyclic) bond motifs is 1. The number of ether oxygens (including phenoxy) is 1. The van der Waals surface area contributed by atoms with Crippen LogP contribution in [0.5, 0.6) is 5.75 Å². The molecule has 1 fully saturated rings. The van der Waals surface area contributed by atoms with Crippen molar-refractivity contribution in [2.24, 2.45) is 16.7 Å². The third-order valence-corrected chi connectivity index (χ3v) is 7.23. The van der Waals surface area contributed by atoms with Gasteiger partial charge in [-0.1, -0.05) is 58.9 Å². The first-order valence-corrected chi connectivity index (χ1v) is 12.9. The Kier molecular flexibility index (Phi) is 7.55. The number of amides is 2. The van der Waals surface area contributed by atoms with Crippen molar-refractivity contribution in [3.63, 3.8) is 0 Å². The largest absolute Gasteiger partial charge is 0.495 e. The Balaban J connectivity index is 1.76. The van der Waals surface area contributed by atoms with Crippen LogP contribution in [0.3, 0.4) is 0 Å². The summed E-state index contributed by atoms with van der Waals surface area (Å²) >= 11 is 0. The first-order chi connectivity index (χ1) is 18.2. The van der Waals surface area contributed by atoms with Crippen molar-refractivity contribution in [3.05, 3.63) is 70.8 Å². The zero-order valence-corrected chi connectivity index (χ0v) is 23.1. The average molecular weight is 537 g/mol. The molecule has 1 unspecified atom stereocenters. The molecule has 2 aromatic rings. The number of nitrogens with zero attached hydrogens (tertiary/aromatic N) is 3. The van der Waals surface area contributed by atoms with Crippen LogP contribution in [-0.2, 0) is 9.59 Å². The number of nitro groups is 1. The number of rotatable bonds is 8. The van der Waals surface area contributed by atoms with Crippen LogP contribution >= 0.6 is 0 Å². The number of imide groups is 1. The lowest BCUT2D eigenvalue weighted by atomic mass is 9.70. The first-order valence-electron chi connectivity index (χ1n) is 12.9. The molecule has 39 heavy (non-hydrogen) atoms. The fraction of sp³-hybridized carbons (Fsp3) is 0.448. The van der Waals surface area contributed by atoms with Crippen LogP contribution in [0.4, 0.5) is 17.1 Å². The second-order valence-electron chi connectivity index (χ2n) is 12.0. The molecule has 208 valence electrons. The third kappa shape index (κ3) is 5.53. The number of aliphatic hydroxyl groups is 1. The highest BCUT2D eigenvalue weighted by Crippen LogP contribution is 2.43. The first kappa shape index (κ1) is 28.3. The lowest BCUT2D eigenvalue weighted by molar-refractivity contribution is -0.384. The molecule has 1 saturated heterocycles. The number of carbonyl (C=O) groups excluding carboxylic acids is 2. The fourth-order valence-electron chi connectivity index (χ4n) is 5.86. The van der Waals surface area contributed by atoms with Gasteiger partial charge in [0, 0.05) is 17.8 Å². The Morgan fingerprint density at radius 2 is 1.67 bits per heavy atom. The Labute approximate surface area is 228 Å². The van der Waals surface area contributed by atoms with Crippen molar-refractivity contribution in [1.82, 2.24) is 5.01 Å². The molecule has 10 nitrogen and oxygen atoms in total. The van der Waals surface area contributed by atoms with E-state index in [0.717, 1.165) is 4.90 Å². The predicted octanol–water partition coefficient (Wildman–Crippen LogP) is 4.55. The molecule has 2 N–H and O–H groups in total. The summed E-state index contributed by atoms with van der Waals surface area (Å²) in [5.74, 6) is -1.27. The van der Waals surface area contributed by atoms with Gasteiger partial charge in [0.2, 0.25) is 5.91 Å². The second kappa shape index (κ2) is 10.4. The highest BCUT2D eigenvalue weighted by Gasteiger charge is 2.55. The van der Waals surface area contributed by atoms with E-state index in [-0.39, 0.29) is 11.1 Å². The summed E-state index contributed by atoms with van der Waals surface area (Å²) in [6.45, 7) is 10.3. The molecule has 4 atom stereocenters. The standard InChI is InChI=1S/C29H36N4O6/c1-28(2,3)17-29(4,5)25(34)22-16-15-20-24(32(22)30-18-11-13-19(14-12-18)33(37)38)27(36)31(26(20)35)21-9-7-8-10-23(21)39-6/h7-16,20,22,24-25,30,34H,17H2,1-6H3/t20-,22?,24+,25+/m1/s1. The molecule has 0 bridgehead atoms. The Hall–Kier alpha value is -3.76. The van der Waals surface area contributed by atoms with E-state index in [2.05, 4.69) is 26.2 Å². The van der Waals surface area contributed by atoms with Gasteiger partial charge in [-0.2, -0.15) is 0 Å². The molecule has 0 spiro atoms. The zero-order valence-electron chi connectivity index (χ0n) is 23.1. The highest BCUT2D eigenvalue weighted by molar-refractivity contribution is 6.25. The summed E-state index contributed by atoms with van der Waals surface area (Å²) in [6.07, 6.45) is 3.26. The topological polar surface area (TPSA) is 125 Å². The Bertz CT molecular complexity index is 1280. The maximum absolute atomic E-state index is 14.0. The molecular formula is C29H36N4O6. The van der Waals surface area contributed by atoms with Crippen molar-refractivity contribution >= 4 is 28.9 Å². The SMILES string of the molecule is COc1ccccc1N1C(=O)[C@@H]2[C@@H](C=CC([C@H](O)C(C)(C)CC(C)(C)C)N2Nc2ccc([N+](=O)[O-])cc2)C1=O. The second-order valence-corrected chi connectivity index (χ2v) is 12.0. The number of hydrazine groups is 1. The monoisotopic (exact) mass is 536 g/mol. The van der Waals surface area contributed by atoms with Gasteiger partial charge in [0.05, 0.1) is 35.8 Å². The summed E-state index contributed by atoms with van der Waals surface area (Å²) in [7, 11) is 1.48. The van der Waals surface area contributed by atoms with E-state index < -0.39 is 46.3 Å². The summed E-state index contributed by atoms with van der Waals surface area (Å²) < 4.78 is 5.42. The van der Waals surface area contributed by atoms with Crippen molar-refractivity contribution in [3.8, 4) is 5.75 Å². The van der Waals surface area contributed by atoms with Crippen molar-refractivity contribution in [2.75, 3.05) is 17.4 Å². The molecule has 10 heteroatoms. The van der Waals surface area contributed by atoms with Gasteiger partial charge >= 0.3 is 0 Å². The summed E-state index contributed by atoms with van der Waals surface area (Å²) in [5, 5.41) is 24.5. The van der Waals surface area contributed by atoms with E-state index >= 15 is 0 Å². The molecule has 2 aliphatic rings. The van der Waals surface area contributed by atoms with E-state index in [1.807, 2.05) is 13.8 Å². The van der Waals surface area contributed by atoms with Gasteiger partial charge in [0.15, 0.2) is 0 Å². The summed E-state index contributed by atoms with van der Waals surface area (Å²) in [6, 6.07) is 11.0. The smallest absolute Gasteiger partial charge is 0.269 e. The maximum Gasteiger partial charge on any atom is 0.269 e. The molecule has 2 aliphatic heterocycles. The van der Waals surface area contributed by atoms with Crippen molar-refractivity contribution < 1.29 is 24.4 Å². The summed E-state index contributed by atoms with van der Waals surface area (Å²) in [4.78, 5) is 39.4. The number of anilines is 2. The zero-order chi connectivity index (χ0) is 28.7. The van der Waals surface area contributed by atoms with Crippen molar-refractivity contribution in [2.45, 2.75) is 59.2 Å². The number of nitrogens with one attached hydrogen (secondary N) is 1. The van der Waals surface area contributed by atoms with E-state index in [9.17, 15) is 24.8 Å². The van der Waals surface area contributed by atoms with Gasteiger partial charge in [-0.05, 0) is 41.5 Å². The molecule has 2 amide bonds. The number of carbonyl (C=O) groups is 2. The summed E-state index contributed by atoms with van der Waals surface area (Å²) in [5.41, 5.74) is 3.34. The number of para-hydroxylation sites is 2. The number of nitro benzene ring substituents is 1. The van der Waals surface area contributed by atoms with Gasteiger partial charge in [0.25, 0.3) is 11.6 Å². The molecule has 4 rings (SSSR count). The number of benzene rings is 2. The lowest BCUT2D eigenvalue weighted by Crippen LogP contribution is -2.60. The van der Waals surface area contributed by atoms with Crippen LogP contribution in [0.2, 0.25) is 0 Å². The Morgan fingerprint density at radius 3 is 2.26 bits per heavy atom. The van der Waals surface area contributed by atoms with Gasteiger partial charge in [0.1, 0.15) is 11.8 Å². The number of hydrogen-bond donors (Lipinski definition) is 2. The van der Waals surface area contributed by atoms with E-state index in [0.29, 0.717) is 23.5 Å². The third-order valence-electron chi connectivity index (χ3n) is 7.23. The van der Waals surface area contributed by atoms with Gasteiger partial charge in [-0.25, -0.2) is 9.91 Å². The number of hydrogen-bond acceptors (Lipinski definition) is 8. The average Bonchev–Trinajstić information content (AvgIpc) is 3.12. The van der Waals surface area contributed by atoms with Crippen LogP contribution in [-0.4, -0.2) is 52.2 Å². The fourth-order valence-corrected chi connectivity index (χ4v) is 5.86. The molecule has 2 aromatic carbocycles. The van der Waals surface area contributed by atoms with Crippen LogP contribution in [0.15, 0.2) is 60.7 Å². The van der Waals surface area contributed by atoms with Crippen LogP contribution in [0.1, 0.15) is 41.0 Å². The molecule has 0 radical (unpaired) electrons. The molecular weight excluding hydrogens is 500 g/mol. The minimum absolute atomic E-state index is 0.0676. The van der Waals surface area contributed by atoms with E-state index in [1.165, 1.54) is 31.4 Å². The maximum atomic E-state index is 14.0. The van der Waals surface area contributed by atoms with Gasteiger partial charge in [-0.15, -0.1) is 0 Å². The molecule has 2 heterocycles. The quantitative estimate of drug-likeness (QED) is 0.218.